The van der Waals surface area contributed by atoms with Crippen LogP contribution in [0.2, 0.25) is 0 Å². The first-order chi connectivity index (χ1) is 12.1. The summed E-state index contributed by atoms with van der Waals surface area (Å²) < 4.78 is 25.8. The topological polar surface area (TPSA) is 24.9 Å². The molecule has 0 aliphatic heterocycles. The maximum atomic E-state index is 12.9. The minimum absolute atomic E-state index is 0.0118. The fraction of sp³-hybridized carbons (Fsp3) is 0.190. The van der Waals surface area contributed by atoms with Gasteiger partial charge in [-0.25, -0.2) is 8.78 Å². The summed E-state index contributed by atoms with van der Waals surface area (Å²) in [4.78, 5) is 3.72. The summed E-state index contributed by atoms with van der Waals surface area (Å²) in [5.74, 6) is 0.102. The number of aromatic nitrogens is 1. The van der Waals surface area contributed by atoms with Gasteiger partial charge >= 0.3 is 0 Å². The van der Waals surface area contributed by atoms with Crippen LogP contribution in [0.15, 0.2) is 79.0 Å². The zero-order chi connectivity index (χ0) is 17.6. The summed E-state index contributed by atoms with van der Waals surface area (Å²) >= 11 is 0. The zero-order valence-electron chi connectivity index (χ0n) is 13.9. The van der Waals surface area contributed by atoms with Crippen LogP contribution in [0.25, 0.3) is 0 Å². The van der Waals surface area contributed by atoms with Gasteiger partial charge in [0.2, 0.25) is 0 Å². The highest BCUT2D eigenvalue weighted by Crippen LogP contribution is 2.30. The first-order valence-corrected chi connectivity index (χ1v) is 8.25. The van der Waals surface area contributed by atoms with Crippen LogP contribution in [0.3, 0.4) is 0 Å². The molecule has 2 aromatic carbocycles. The Kier molecular flexibility index (Phi) is 5.39. The molecule has 1 N–H and O–H groups in total. The van der Waals surface area contributed by atoms with Crippen molar-refractivity contribution in [2.24, 2.45) is 0 Å². The number of anilines is 1. The molecule has 0 saturated carbocycles. The van der Waals surface area contributed by atoms with Gasteiger partial charge in [-0.3, -0.25) is 4.98 Å². The van der Waals surface area contributed by atoms with Crippen molar-refractivity contribution in [1.82, 2.24) is 4.98 Å². The van der Waals surface area contributed by atoms with E-state index in [-0.39, 0.29) is 17.7 Å². The standard InChI is InChI=1S/C21H20F2N2/c1-15(25-18-12-13-24-19(14-18)21(22)23)20(16-8-4-2-5-9-16)17-10-6-3-7-11-17/h2-15,20-21H,1H3,(H,24,25). The van der Waals surface area contributed by atoms with Crippen LogP contribution in [-0.2, 0) is 0 Å². The molecule has 3 aromatic rings. The van der Waals surface area contributed by atoms with Crippen LogP contribution in [0, 0.1) is 0 Å². The lowest BCUT2D eigenvalue weighted by molar-refractivity contribution is 0.146. The lowest BCUT2D eigenvalue weighted by Gasteiger charge is -2.27. The number of hydrogen-bond acceptors (Lipinski definition) is 2. The predicted octanol–water partition coefficient (Wildman–Crippen LogP) is 5.65. The Balaban J connectivity index is 1.90. The number of benzene rings is 2. The fourth-order valence-corrected chi connectivity index (χ4v) is 3.09. The van der Waals surface area contributed by atoms with E-state index in [1.807, 2.05) is 36.4 Å². The lowest BCUT2D eigenvalue weighted by atomic mass is 9.85. The molecule has 0 saturated heterocycles. The van der Waals surface area contributed by atoms with Gasteiger partial charge in [-0.2, -0.15) is 0 Å². The summed E-state index contributed by atoms with van der Waals surface area (Å²) in [7, 11) is 0. The second kappa shape index (κ2) is 7.88. The van der Waals surface area contributed by atoms with Crippen molar-refractivity contribution in [2.45, 2.75) is 25.3 Å². The second-order valence-corrected chi connectivity index (χ2v) is 6.00. The van der Waals surface area contributed by atoms with Crippen molar-refractivity contribution in [2.75, 3.05) is 5.32 Å². The summed E-state index contributed by atoms with van der Waals surface area (Å²) in [6, 6.07) is 23.5. The summed E-state index contributed by atoms with van der Waals surface area (Å²) in [5, 5.41) is 3.36. The van der Waals surface area contributed by atoms with E-state index in [2.05, 4.69) is 41.5 Å². The molecule has 1 unspecified atom stereocenters. The molecule has 2 nitrogen and oxygen atoms in total. The third kappa shape index (κ3) is 4.21. The van der Waals surface area contributed by atoms with Gasteiger partial charge in [-0.05, 0) is 30.2 Å². The predicted molar refractivity (Wildman–Crippen MR) is 97.0 cm³/mol. The number of nitrogens with zero attached hydrogens (tertiary/aromatic N) is 1. The summed E-state index contributed by atoms with van der Waals surface area (Å²) in [6.45, 7) is 2.06. The Morgan fingerprint density at radius 2 is 1.40 bits per heavy atom. The molecule has 0 fully saturated rings. The second-order valence-electron chi connectivity index (χ2n) is 6.00. The molecule has 25 heavy (non-hydrogen) atoms. The van der Waals surface area contributed by atoms with E-state index in [1.54, 1.807) is 6.07 Å². The van der Waals surface area contributed by atoms with E-state index in [4.69, 9.17) is 0 Å². The molecule has 1 heterocycles. The molecule has 3 rings (SSSR count). The molecule has 0 aliphatic rings. The van der Waals surface area contributed by atoms with Crippen molar-refractivity contribution in [3.05, 3.63) is 95.8 Å². The monoisotopic (exact) mass is 338 g/mol. The average molecular weight is 338 g/mol. The normalized spacial score (nSPS) is 12.4. The Morgan fingerprint density at radius 1 is 0.840 bits per heavy atom. The van der Waals surface area contributed by atoms with Crippen molar-refractivity contribution >= 4 is 5.69 Å². The number of alkyl halides is 2. The molecular weight excluding hydrogens is 318 g/mol. The van der Waals surface area contributed by atoms with E-state index < -0.39 is 6.43 Å². The minimum Gasteiger partial charge on any atom is -0.382 e. The molecule has 0 amide bonds. The Hall–Kier alpha value is -2.75. The van der Waals surface area contributed by atoms with Gasteiger partial charge < -0.3 is 5.32 Å². The van der Waals surface area contributed by atoms with E-state index >= 15 is 0 Å². The van der Waals surface area contributed by atoms with Gasteiger partial charge in [0.1, 0.15) is 5.69 Å². The van der Waals surface area contributed by atoms with E-state index in [0.717, 1.165) is 0 Å². The van der Waals surface area contributed by atoms with Crippen LogP contribution in [0.1, 0.15) is 36.1 Å². The number of hydrogen-bond donors (Lipinski definition) is 1. The van der Waals surface area contributed by atoms with Crippen molar-refractivity contribution in [3.63, 3.8) is 0 Å². The van der Waals surface area contributed by atoms with E-state index in [9.17, 15) is 8.78 Å². The maximum Gasteiger partial charge on any atom is 0.280 e. The van der Waals surface area contributed by atoms with Crippen LogP contribution < -0.4 is 5.32 Å². The highest BCUT2D eigenvalue weighted by molar-refractivity contribution is 5.47. The molecular formula is C21H20F2N2. The van der Waals surface area contributed by atoms with E-state index in [1.165, 1.54) is 23.4 Å². The zero-order valence-corrected chi connectivity index (χ0v) is 13.9. The van der Waals surface area contributed by atoms with Crippen molar-refractivity contribution < 1.29 is 8.78 Å². The largest absolute Gasteiger partial charge is 0.382 e. The smallest absolute Gasteiger partial charge is 0.280 e. The van der Waals surface area contributed by atoms with Gasteiger partial charge in [-0.1, -0.05) is 60.7 Å². The number of pyridine rings is 1. The third-order valence-corrected chi connectivity index (χ3v) is 4.22. The highest BCUT2D eigenvalue weighted by Gasteiger charge is 2.21. The van der Waals surface area contributed by atoms with Gasteiger partial charge in [0.25, 0.3) is 6.43 Å². The van der Waals surface area contributed by atoms with Crippen molar-refractivity contribution in [1.29, 1.82) is 0 Å². The highest BCUT2D eigenvalue weighted by atomic mass is 19.3. The Bertz CT molecular complexity index is 752. The third-order valence-electron chi connectivity index (χ3n) is 4.22. The molecule has 0 radical (unpaired) electrons. The van der Waals surface area contributed by atoms with Crippen LogP contribution in [-0.4, -0.2) is 11.0 Å². The van der Waals surface area contributed by atoms with Crippen LogP contribution >= 0.6 is 0 Å². The summed E-state index contributed by atoms with van der Waals surface area (Å²) in [5.41, 5.74) is 2.79. The maximum absolute atomic E-state index is 12.9. The molecule has 0 bridgehead atoms. The number of rotatable bonds is 6. The molecule has 1 aromatic heterocycles. The SMILES string of the molecule is CC(Nc1ccnc(C(F)F)c1)C(c1ccccc1)c1ccccc1. The molecule has 0 spiro atoms. The Morgan fingerprint density at radius 3 is 1.92 bits per heavy atom. The van der Waals surface area contributed by atoms with Gasteiger partial charge in [0, 0.05) is 23.8 Å². The van der Waals surface area contributed by atoms with Gasteiger partial charge in [0.05, 0.1) is 0 Å². The Labute approximate surface area is 146 Å². The fourth-order valence-electron chi connectivity index (χ4n) is 3.09. The molecule has 0 aliphatic carbocycles. The lowest BCUT2D eigenvalue weighted by Crippen LogP contribution is -2.25. The summed E-state index contributed by atoms with van der Waals surface area (Å²) in [6.07, 6.45) is -1.16. The molecule has 4 heteroatoms. The van der Waals surface area contributed by atoms with E-state index in [0.29, 0.717) is 5.69 Å². The molecule has 1 atom stereocenters. The van der Waals surface area contributed by atoms with Crippen LogP contribution in [0.4, 0.5) is 14.5 Å². The van der Waals surface area contributed by atoms with Crippen molar-refractivity contribution in [3.8, 4) is 0 Å². The number of nitrogens with one attached hydrogen (secondary N) is 1. The molecule has 128 valence electrons. The van der Waals surface area contributed by atoms with Crippen LogP contribution in [0.5, 0.6) is 0 Å². The van der Waals surface area contributed by atoms with Gasteiger partial charge in [-0.15, -0.1) is 0 Å². The average Bonchev–Trinajstić information content (AvgIpc) is 2.64. The number of halogens is 2. The first kappa shape index (κ1) is 17.1. The minimum atomic E-state index is -2.57. The first-order valence-electron chi connectivity index (χ1n) is 8.25. The quantitative estimate of drug-likeness (QED) is 0.628. The van der Waals surface area contributed by atoms with Gasteiger partial charge in [0.15, 0.2) is 0 Å².